The minimum absolute atomic E-state index is 0.00483. The lowest BCUT2D eigenvalue weighted by Crippen LogP contribution is -2.10. The van der Waals surface area contributed by atoms with Crippen LogP contribution >= 0.6 is 15.9 Å². The van der Waals surface area contributed by atoms with Crippen LogP contribution in [0, 0.1) is 11.6 Å². The molecule has 1 aromatic carbocycles. The highest BCUT2D eigenvalue weighted by Crippen LogP contribution is 2.23. The molecule has 0 N–H and O–H groups in total. The fourth-order valence-electron chi connectivity index (χ4n) is 1.87. The molecule has 0 bridgehead atoms. The van der Waals surface area contributed by atoms with E-state index in [1.807, 2.05) is 6.92 Å². The average Bonchev–Trinajstić information content (AvgIpc) is 2.39. The predicted octanol–water partition coefficient (Wildman–Crippen LogP) is 5.60. The number of unbranched alkanes of at least 4 members (excludes halogenated alkanes) is 3. The maximum atomic E-state index is 13.7. The fraction of sp³-hybridized carbons (Fsp3) is 0.600. The van der Waals surface area contributed by atoms with E-state index < -0.39 is 11.6 Å². The van der Waals surface area contributed by atoms with Crippen molar-refractivity contribution >= 4 is 15.9 Å². The second kappa shape index (κ2) is 8.64. The van der Waals surface area contributed by atoms with Crippen LogP contribution in [0.4, 0.5) is 8.78 Å². The van der Waals surface area contributed by atoms with Crippen LogP contribution in [0.5, 0.6) is 0 Å². The van der Waals surface area contributed by atoms with Crippen molar-refractivity contribution in [2.24, 2.45) is 0 Å². The molecule has 0 amide bonds. The molecule has 0 saturated carbocycles. The molecule has 0 aliphatic rings. The smallest absolute Gasteiger partial charge is 0.145 e. The minimum Gasteiger partial charge on any atom is -0.374 e. The van der Waals surface area contributed by atoms with Gasteiger partial charge in [0.2, 0.25) is 0 Å². The summed E-state index contributed by atoms with van der Waals surface area (Å²) in [5.74, 6) is -1.13. The number of hydrogen-bond donors (Lipinski definition) is 0. The maximum absolute atomic E-state index is 13.7. The van der Waals surface area contributed by atoms with Crippen molar-refractivity contribution < 1.29 is 13.5 Å². The summed E-state index contributed by atoms with van der Waals surface area (Å²) in [5.41, 5.74) is -0.00483. The van der Waals surface area contributed by atoms with Crippen LogP contribution in [-0.2, 0) is 11.3 Å². The lowest BCUT2D eigenvalue weighted by Gasteiger charge is -2.14. The van der Waals surface area contributed by atoms with Gasteiger partial charge in [-0.15, -0.1) is 0 Å². The molecule has 0 radical (unpaired) electrons. The van der Waals surface area contributed by atoms with E-state index in [2.05, 4.69) is 22.9 Å². The first kappa shape index (κ1) is 16.6. The van der Waals surface area contributed by atoms with Crippen LogP contribution in [0.3, 0.4) is 0 Å². The Morgan fingerprint density at radius 1 is 1.21 bits per heavy atom. The third kappa shape index (κ3) is 5.57. The molecular formula is C15H21BrF2O. The van der Waals surface area contributed by atoms with Gasteiger partial charge >= 0.3 is 0 Å². The largest absolute Gasteiger partial charge is 0.374 e. The first-order chi connectivity index (χ1) is 9.06. The highest BCUT2D eigenvalue weighted by Gasteiger charge is 2.13. The van der Waals surface area contributed by atoms with Gasteiger partial charge in [0.05, 0.1) is 22.7 Å². The number of rotatable bonds is 8. The highest BCUT2D eigenvalue weighted by atomic mass is 79.9. The number of hydrogen-bond acceptors (Lipinski definition) is 1. The Morgan fingerprint density at radius 2 is 1.95 bits per heavy atom. The van der Waals surface area contributed by atoms with Crippen LogP contribution < -0.4 is 0 Å². The monoisotopic (exact) mass is 334 g/mol. The van der Waals surface area contributed by atoms with Gasteiger partial charge in [-0.3, -0.25) is 0 Å². The Labute approximate surface area is 122 Å². The maximum Gasteiger partial charge on any atom is 0.145 e. The van der Waals surface area contributed by atoms with Gasteiger partial charge in [0, 0.05) is 0 Å². The summed E-state index contributed by atoms with van der Waals surface area (Å²) in [6, 6.07) is 2.61. The summed E-state index contributed by atoms with van der Waals surface area (Å²) in [6.45, 7) is 4.09. The van der Waals surface area contributed by atoms with E-state index >= 15 is 0 Å². The van der Waals surface area contributed by atoms with E-state index in [0.717, 1.165) is 12.8 Å². The molecule has 0 aliphatic heterocycles. The van der Waals surface area contributed by atoms with Crippen LogP contribution in [0.1, 0.15) is 51.5 Å². The first-order valence-corrected chi connectivity index (χ1v) is 7.59. The zero-order valence-electron chi connectivity index (χ0n) is 11.5. The molecule has 19 heavy (non-hydrogen) atoms. The minimum atomic E-state index is -0.571. The van der Waals surface area contributed by atoms with Gasteiger partial charge in [-0.1, -0.05) is 32.6 Å². The van der Waals surface area contributed by atoms with Gasteiger partial charge in [0.25, 0.3) is 0 Å². The van der Waals surface area contributed by atoms with Gasteiger partial charge < -0.3 is 4.74 Å². The Morgan fingerprint density at radius 3 is 2.63 bits per heavy atom. The first-order valence-electron chi connectivity index (χ1n) is 6.80. The van der Waals surface area contributed by atoms with E-state index in [9.17, 15) is 8.78 Å². The third-order valence-electron chi connectivity index (χ3n) is 3.12. The zero-order valence-corrected chi connectivity index (χ0v) is 13.1. The SMILES string of the molecule is CCCCCCC(C)OCc1c(F)ccc(Br)c1F. The van der Waals surface area contributed by atoms with Crippen LogP contribution in [0.15, 0.2) is 16.6 Å². The Kier molecular flexibility index (Phi) is 7.54. The molecule has 0 aromatic heterocycles. The summed E-state index contributed by atoms with van der Waals surface area (Å²) < 4.78 is 33.0. The molecule has 1 rings (SSSR count). The van der Waals surface area contributed by atoms with Crippen molar-refractivity contribution in [1.29, 1.82) is 0 Å². The third-order valence-corrected chi connectivity index (χ3v) is 3.73. The second-order valence-electron chi connectivity index (χ2n) is 4.79. The molecule has 0 heterocycles. The van der Waals surface area contributed by atoms with Crippen molar-refractivity contribution in [1.82, 2.24) is 0 Å². The van der Waals surface area contributed by atoms with E-state index in [0.29, 0.717) is 0 Å². The molecule has 1 nitrogen and oxygen atoms in total. The van der Waals surface area contributed by atoms with Gasteiger partial charge in [-0.05, 0) is 41.4 Å². The summed E-state index contributed by atoms with van der Waals surface area (Å²) in [4.78, 5) is 0. The van der Waals surface area contributed by atoms with Crippen molar-refractivity contribution in [3.05, 3.63) is 33.8 Å². The lowest BCUT2D eigenvalue weighted by molar-refractivity contribution is 0.0426. The quantitative estimate of drug-likeness (QED) is 0.444. The Balaban J connectivity index is 2.42. The average molecular weight is 335 g/mol. The molecule has 0 spiro atoms. The van der Waals surface area contributed by atoms with Crippen LogP contribution in [0.2, 0.25) is 0 Å². The molecule has 1 atom stereocenters. The van der Waals surface area contributed by atoms with E-state index in [4.69, 9.17) is 4.74 Å². The predicted molar refractivity (Wildman–Crippen MR) is 77.1 cm³/mol. The van der Waals surface area contributed by atoms with Gasteiger partial charge in [-0.2, -0.15) is 0 Å². The molecule has 1 unspecified atom stereocenters. The summed E-state index contributed by atoms with van der Waals surface area (Å²) in [6.07, 6.45) is 5.65. The standard InChI is InChI=1S/C15H21BrF2O/c1-3-4-5-6-7-11(2)19-10-12-14(17)9-8-13(16)15(12)18/h8-9,11H,3-7,10H2,1-2H3. The van der Waals surface area contributed by atoms with Crippen molar-refractivity contribution in [2.75, 3.05) is 0 Å². The number of halogens is 3. The van der Waals surface area contributed by atoms with Crippen LogP contribution in [-0.4, -0.2) is 6.10 Å². The number of ether oxygens (including phenoxy) is 1. The molecule has 1 aromatic rings. The summed E-state index contributed by atoms with van der Waals surface area (Å²) >= 11 is 3.05. The van der Waals surface area contributed by atoms with E-state index in [1.54, 1.807) is 0 Å². The van der Waals surface area contributed by atoms with Crippen molar-refractivity contribution in [3.8, 4) is 0 Å². The normalized spacial score (nSPS) is 12.7. The molecule has 0 saturated heterocycles. The van der Waals surface area contributed by atoms with Gasteiger partial charge in [-0.25, -0.2) is 8.78 Å². The Bertz CT molecular complexity index is 396. The van der Waals surface area contributed by atoms with Gasteiger partial charge in [0.1, 0.15) is 11.6 Å². The van der Waals surface area contributed by atoms with E-state index in [-0.39, 0.29) is 22.7 Å². The highest BCUT2D eigenvalue weighted by molar-refractivity contribution is 9.10. The molecule has 4 heteroatoms. The van der Waals surface area contributed by atoms with Crippen molar-refractivity contribution in [2.45, 2.75) is 58.7 Å². The van der Waals surface area contributed by atoms with Gasteiger partial charge in [0.15, 0.2) is 0 Å². The molecule has 108 valence electrons. The number of benzene rings is 1. The summed E-state index contributed by atoms with van der Waals surface area (Å²) in [5, 5.41) is 0. The Hall–Kier alpha value is -0.480. The molecular weight excluding hydrogens is 314 g/mol. The van der Waals surface area contributed by atoms with Crippen molar-refractivity contribution in [3.63, 3.8) is 0 Å². The fourth-order valence-corrected chi connectivity index (χ4v) is 2.24. The zero-order chi connectivity index (χ0) is 14.3. The molecule has 0 fully saturated rings. The van der Waals surface area contributed by atoms with Crippen LogP contribution in [0.25, 0.3) is 0 Å². The topological polar surface area (TPSA) is 9.23 Å². The lowest BCUT2D eigenvalue weighted by atomic mass is 10.1. The molecule has 0 aliphatic carbocycles. The summed E-state index contributed by atoms with van der Waals surface area (Å²) in [7, 11) is 0. The second-order valence-corrected chi connectivity index (χ2v) is 5.65. The van der Waals surface area contributed by atoms with E-state index in [1.165, 1.54) is 31.4 Å².